The molecule has 98 valence electrons. The minimum absolute atomic E-state index is 0.0833. The van der Waals surface area contributed by atoms with Gasteiger partial charge in [0.05, 0.1) is 16.2 Å². The van der Waals surface area contributed by atoms with Gasteiger partial charge in [-0.1, -0.05) is 11.8 Å². The molecular weight excluding hydrogens is 274 g/mol. The number of hydrogen-bond acceptors (Lipinski definition) is 5. The second kappa shape index (κ2) is 6.54. The predicted octanol–water partition coefficient (Wildman–Crippen LogP) is -0.134. The summed E-state index contributed by atoms with van der Waals surface area (Å²) in [6.45, 7) is -0.140. The molecule has 0 saturated heterocycles. The van der Waals surface area contributed by atoms with Crippen LogP contribution in [0.25, 0.3) is 0 Å². The maximum atomic E-state index is 11.6. The van der Waals surface area contributed by atoms with E-state index >= 15 is 0 Å². The number of aliphatic hydroxyl groups is 1. The Balaban J connectivity index is 2.54. The van der Waals surface area contributed by atoms with E-state index in [4.69, 9.17) is 5.11 Å². The van der Waals surface area contributed by atoms with Gasteiger partial charge in [-0.05, 0) is 6.07 Å². The predicted molar refractivity (Wildman–Crippen MR) is 70.3 cm³/mol. The molecule has 0 saturated carbocycles. The van der Waals surface area contributed by atoms with Crippen molar-refractivity contribution < 1.29 is 18.3 Å². The smallest absolute Gasteiger partial charge is 0.252 e. The molecule has 0 bridgehead atoms. The molecule has 0 aliphatic heterocycles. The van der Waals surface area contributed by atoms with Gasteiger partial charge in [0.25, 0.3) is 5.91 Å². The Morgan fingerprint density at radius 3 is 2.89 bits per heavy atom. The second-order valence-electron chi connectivity index (χ2n) is 3.55. The first-order valence-electron chi connectivity index (χ1n) is 5.06. The highest BCUT2D eigenvalue weighted by Crippen LogP contribution is 2.13. The van der Waals surface area contributed by atoms with E-state index in [0.29, 0.717) is 10.4 Å². The fourth-order valence-corrected chi connectivity index (χ4v) is 2.33. The van der Waals surface area contributed by atoms with Gasteiger partial charge in [-0.15, -0.1) is 11.3 Å². The number of rotatable bonds is 4. The molecule has 5 nitrogen and oxygen atoms in total. The first-order valence-corrected chi connectivity index (χ1v) is 8.00. The third-order valence-electron chi connectivity index (χ3n) is 1.91. The molecule has 0 fully saturated rings. The van der Waals surface area contributed by atoms with Crippen LogP contribution in [0.1, 0.15) is 15.2 Å². The number of nitrogens with one attached hydrogen (secondary N) is 1. The monoisotopic (exact) mass is 287 g/mol. The number of sulfone groups is 1. The Bertz CT molecular complexity index is 578. The van der Waals surface area contributed by atoms with Crippen LogP contribution in [-0.2, 0) is 9.84 Å². The van der Waals surface area contributed by atoms with Crippen LogP contribution in [0.5, 0.6) is 0 Å². The van der Waals surface area contributed by atoms with Gasteiger partial charge in [0.15, 0.2) is 0 Å². The minimum Gasteiger partial charge on any atom is -0.384 e. The fourth-order valence-electron chi connectivity index (χ4n) is 1.10. The van der Waals surface area contributed by atoms with E-state index in [1.807, 2.05) is 0 Å². The molecular formula is C11H13NO4S2. The molecule has 1 amide bonds. The number of aliphatic hydroxyl groups excluding tert-OH is 1. The van der Waals surface area contributed by atoms with Crippen molar-refractivity contribution in [2.45, 2.75) is 0 Å². The fraction of sp³-hybridized carbons (Fsp3) is 0.364. The number of carbonyl (C=O) groups excluding carboxylic acids is 1. The van der Waals surface area contributed by atoms with Crippen molar-refractivity contribution in [2.75, 3.05) is 25.2 Å². The summed E-state index contributed by atoms with van der Waals surface area (Å²) in [5, 5.41) is 12.7. The zero-order valence-electron chi connectivity index (χ0n) is 9.76. The van der Waals surface area contributed by atoms with Gasteiger partial charge in [-0.2, -0.15) is 0 Å². The van der Waals surface area contributed by atoms with Crippen LogP contribution in [0.15, 0.2) is 11.4 Å². The third-order valence-corrected chi connectivity index (χ3v) is 3.70. The summed E-state index contributed by atoms with van der Waals surface area (Å²) in [6, 6.07) is 1.60. The van der Waals surface area contributed by atoms with Gasteiger partial charge < -0.3 is 10.4 Å². The van der Waals surface area contributed by atoms with Crippen molar-refractivity contribution in [3.8, 4) is 11.8 Å². The second-order valence-corrected chi connectivity index (χ2v) is 6.72. The first-order chi connectivity index (χ1) is 8.42. The number of thiophene rings is 1. The Hall–Kier alpha value is -1.36. The maximum absolute atomic E-state index is 11.6. The van der Waals surface area contributed by atoms with E-state index in [1.54, 1.807) is 11.4 Å². The molecule has 18 heavy (non-hydrogen) atoms. The lowest BCUT2D eigenvalue weighted by atomic mass is 10.3. The summed E-state index contributed by atoms with van der Waals surface area (Å²) < 4.78 is 21.8. The van der Waals surface area contributed by atoms with Crippen molar-refractivity contribution >= 4 is 27.1 Å². The highest BCUT2D eigenvalue weighted by atomic mass is 32.2. The molecule has 0 aliphatic carbocycles. The molecule has 0 radical (unpaired) electrons. The van der Waals surface area contributed by atoms with Crippen molar-refractivity contribution in [2.24, 2.45) is 0 Å². The summed E-state index contributed by atoms with van der Waals surface area (Å²) in [6.07, 6.45) is 1.12. The topological polar surface area (TPSA) is 83.5 Å². The Kier molecular flexibility index (Phi) is 5.34. The van der Waals surface area contributed by atoms with E-state index in [1.165, 1.54) is 11.3 Å². The van der Waals surface area contributed by atoms with Crippen LogP contribution in [-0.4, -0.2) is 44.6 Å². The number of hydrogen-bond donors (Lipinski definition) is 2. The molecule has 1 aromatic heterocycles. The van der Waals surface area contributed by atoms with E-state index in [9.17, 15) is 13.2 Å². The molecule has 0 aromatic carbocycles. The summed E-state index contributed by atoms with van der Waals surface area (Å²) >= 11 is 1.29. The van der Waals surface area contributed by atoms with Gasteiger partial charge in [-0.25, -0.2) is 8.42 Å². The summed E-state index contributed by atoms with van der Waals surface area (Å²) in [7, 11) is -3.07. The average molecular weight is 287 g/mol. The molecule has 0 aliphatic rings. The number of amides is 1. The molecule has 0 atom stereocenters. The van der Waals surface area contributed by atoms with Crippen LogP contribution >= 0.6 is 11.3 Å². The van der Waals surface area contributed by atoms with E-state index < -0.39 is 9.84 Å². The molecule has 1 rings (SSSR count). The average Bonchev–Trinajstić information content (AvgIpc) is 2.73. The lowest BCUT2D eigenvalue weighted by molar-refractivity contribution is 0.0956. The normalized spacial score (nSPS) is 10.6. The summed E-state index contributed by atoms with van der Waals surface area (Å²) in [5.74, 6) is 4.77. The summed E-state index contributed by atoms with van der Waals surface area (Å²) in [5.41, 5.74) is 0.441. The van der Waals surface area contributed by atoms with Gasteiger partial charge in [0.1, 0.15) is 16.4 Å². The zero-order chi connectivity index (χ0) is 13.6. The molecule has 0 unspecified atom stereocenters. The lowest BCUT2D eigenvalue weighted by Gasteiger charge is -2.01. The van der Waals surface area contributed by atoms with Gasteiger partial charge in [-0.3, -0.25) is 4.79 Å². The number of carbonyl (C=O) groups is 1. The molecule has 2 N–H and O–H groups in total. The van der Waals surface area contributed by atoms with Gasteiger partial charge in [0, 0.05) is 18.2 Å². The largest absolute Gasteiger partial charge is 0.384 e. The van der Waals surface area contributed by atoms with Crippen molar-refractivity contribution in [1.29, 1.82) is 0 Å². The SMILES string of the molecule is CS(=O)(=O)CCNC(=O)c1csc(C#CCO)c1. The molecule has 1 heterocycles. The van der Waals surface area contributed by atoms with Gasteiger partial charge in [0.2, 0.25) is 0 Å². The molecule has 7 heteroatoms. The quantitative estimate of drug-likeness (QED) is 0.755. The zero-order valence-corrected chi connectivity index (χ0v) is 11.4. The van der Waals surface area contributed by atoms with Crippen molar-refractivity contribution in [3.63, 3.8) is 0 Å². The van der Waals surface area contributed by atoms with Crippen molar-refractivity contribution in [1.82, 2.24) is 5.32 Å². The van der Waals surface area contributed by atoms with Crippen LogP contribution in [0.2, 0.25) is 0 Å². The van der Waals surface area contributed by atoms with Crippen LogP contribution in [0.3, 0.4) is 0 Å². The van der Waals surface area contributed by atoms with Gasteiger partial charge >= 0.3 is 0 Å². The Labute approximate surface area is 110 Å². The lowest BCUT2D eigenvalue weighted by Crippen LogP contribution is -2.28. The van der Waals surface area contributed by atoms with Crippen LogP contribution in [0, 0.1) is 11.8 Å². The maximum Gasteiger partial charge on any atom is 0.252 e. The first kappa shape index (κ1) is 14.7. The standard InChI is InChI=1S/C11H13NO4S2/c1-18(15,16)6-4-12-11(14)9-7-10(17-8-9)3-2-5-13/h7-8,13H,4-6H2,1H3,(H,12,14). The Morgan fingerprint density at radius 2 is 2.28 bits per heavy atom. The van der Waals surface area contributed by atoms with E-state index in [2.05, 4.69) is 17.2 Å². The highest BCUT2D eigenvalue weighted by molar-refractivity contribution is 7.90. The third kappa shape index (κ3) is 5.31. The molecule has 1 aromatic rings. The van der Waals surface area contributed by atoms with E-state index in [-0.39, 0.29) is 24.8 Å². The van der Waals surface area contributed by atoms with Crippen LogP contribution < -0.4 is 5.32 Å². The van der Waals surface area contributed by atoms with Crippen LogP contribution in [0.4, 0.5) is 0 Å². The highest BCUT2D eigenvalue weighted by Gasteiger charge is 2.09. The summed E-state index contributed by atoms with van der Waals surface area (Å²) in [4.78, 5) is 12.3. The minimum atomic E-state index is -3.07. The van der Waals surface area contributed by atoms with Crippen molar-refractivity contribution in [3.05, 3.63) is 21.9 Å². The van der Waals surface area contributed by atoms with E-state index in [0.717, 1.165) is 6.26 Å². The Morgan fingerprint density at radius 1 is 1.56 bits per heavy atom. The molecule has 0 spiro atoms.